The summed E-state index contributed by atoms with van der Waals surface area (Å²) in [5.74, 6) is 0.448. The molecule has 3 unspecified atom stereocenters. The highest BCUT2D eigenvalue weighted by Gasteiger charge is 2.33. The Morgan fingerprint density at radius 1 is 1.02 bits per heavy atom. The number of aromatic nitrogens is 1. The topological polar surface area (TPSA) is 124 Å². The van der Waals surface area contributed by atoms with E-state index in [9.17, 15) is 19.9 Å². The molecule has 4 rings (SSSR count). The number of ether oxygens (including phenoxy) is 2. The van der Waals surface area contributed by atoms with Gasteiger partial charge in [-0.25, -0.2) is 0 Å². The van der Waals surface area contributed by atoms with Crippen molar-refractivity contribution in [3.63, 3.8) is 0 Å². The van der Waals surface area contributed by atoms with Crippen molar-refractivity contribution >= 4 is 29.3 Å². The number of unbranched alkanes of at least 4 members (excludes halogenated alkanes) is 2. The average Bonchev–Trinajstić information content (AvgIpc) is 2.98. The molecule has 0 aliphatic carbocycles. The summed E-state index contributed by atoms with van der Waals surface area (Å²) >= 11 is 1.44. The Morgan fingerprint density at radius 2 is 1.85 bits per heavy atom. The summed E-state index contributed by atoms with van der Waals surface area (Å²) in [7, 11) is 0. The molecule has 218 valence electrons. The Kier molecular flexibility index (Phi) is 11.6. The molecule has 2 aromatic carbocycles. The Morgan fingerprint density at radius 3 is 2.61 bits per heavy atom. The van der Waals surface area contributed by atoms with E-state index in [-0.39, 0.29) is 30.6 Å². The maximum Gasteiger partial charge on any atom is 0.251 e. The number of rotatable bonds is 13. The lowest BCUT2D eigenvalue weighted by Crippen LogP contribution is -2.32. The monoisotopic (exact) mass is 579 g/mol. The number of aliphatic hydroxyl groups is 1. The van der Waals surface area contributed by atoms with E-state index in [0.717, 1.165) is 40.7 Å². The lowest BCUT2D eigenvalue weighted by atomic mass is 10.0. The Labute approximate surface area is 244 Å². The third-order valence-electron chi connectivity index (χ3n) is 6.72. The van der Waals surface area contributed by atoms with Crippen molar-refractivity contribution in [1.29, 1.82) is 0 Å². The van der Waals surface area contributed by atoms with Crippen molar-refractivity contribution in [2.75, 3.05) is 17.6 Å². The Balaban J connectivity index is 1.41. The molecule has 1 fully saturated rings. The number of aliphatic hydroxyl groups excluding tert-OH is 1. The molecule has 0 spiro atoms. The number of nitrogens with zero attached hydrogens (tertiary/aromatic N) is 1. The molecule has 2 amide bonds. The SMILES string of the molecule is CC(=O)NCCCCCC(=O)Nc1cccc(C2OC(CSc3cccc[n+]3[O-])CC(c3ccc(CO)cc3)O2)c1. The summed E-state index contributed by atoms with van der Waals surface area (Å²) in [6.07, 6.45) is 3.78. The Hall–Kier alpha value is -3.44. The minimum atomic E-state index is -0.669. The fourth-order valence-electron chi connectivity index (χ4n) is 4.56. The number of thioether (sulfide) groups is 1. The molecule has 0 bridgehead atoms. The van der Waals surface area contributed by atoms with Crippen LogP contribution < -0.4 is 15.4 Å². The maximum atomic E-state index is 12.5. The van der Waals surface area contributed by atoms with E-state index < -0.39 is 6.29 Å². The van der Waals surface area contributed by atoms with Gasteiger partial charge < -0.3 is 30.4 Å². The zero-order chi connectivity index (χ0) is 29.0. The molecule has 3 N–H and O–H groups in total. The molecule has 3 atom stereocenters. The molecule has 1 aliphatic rings. The average molecular weight is 580 g/mol. The van der Waals surface area contributed by atoms with Crippen molar-refractivity contribution in [3.05, 3.63) is 94.8 Å². The number of hydrogen-bond acceptors (Lipinski definition) is 7. The van der Waals surface area contributed by atoms with Crippen molar-refractivity contribution in [2.24, 2.45) is 0 Å². The van der Waals surface area contributed by atoms with Crippen molar-refractivity contribution in [2.45, 2.75) is 69.2 Å². The highest BCUT2D eigenvalue weighted by atomic mass is 32.2. The molecular formula is C31H37N3O6S. The molecular weight excluding hydrogens is 542 g/mol. The smallest absolute Gasteiger partial charge is 0.251 e. The van der Waals surface area contributed by atoms with Crippen LogP contribution in [0.5, 0.6) is 0 Å². The van der Waals surface area contributed by atoms with Crippen LogP contribution in [-0.4, -0.2) is 35.3 Å². The number of pyridine rings is 1. The first kappa shape index (κ1) is 30.5. The molecule has 41 heavy (non-hydrogen) atoms. The molecule has 1 saturated heterocycles. The van der Waals surface area contributed by atoms with E-state index in [1.807, 2.05) is 54.6 Å². The molecule has 1 aromatic heterocycles. The van der Waals surface area contributed by atoms with E-state index >= 15 is 0 Å². The first-order valence-corrected chi connectivity index (χ1v) is 14.9. The molecule has 0 radical (unpaired) electrons. The molecule has 3 aromatic rings. The van der Waals surface area contributed by atoms with Gasteiger partial charge >= 0.3 is 0 Å². The fraction of sp³-hybridized carbons (Fsp3) is 0.387. The van der Waals surface area contributed by atoms with Crippen molar-refractivity contribution in [1.82, 2.24) is 5.32 Å². The quantitative estimate of drug-likeness (QED) is 0.115. The zero-order valence-corrected chi connectivity index (χ0v) is 24.0. The van der Waals surface area contributed by atoms with Gasteiger partial charge in [0.1, 0.15) is 0 Å². The van der Waals surface area contributed by atoms with Crippen LogP contribution in [0.15, 0.2) is 78.0 Å². The predicted octanol–water partition coefficient (Wildman–Crippen LogP) is 4.79. The van der Waals surface area contributed by atoms with E-state index in [1.165, 1.54) is 24.9 Å². The van der Waals surface area contributed by atoms with Gasteiger partial charge in [-0.2, -0.15) is 4.73 Å². The van der Waals surface area contributed by atoms with Crippen LogP contribution in [0.3, 0.4) is 0 Å². The first-order valence-electron chi connectivity index (χ1n) is 13.9. The molecule has 10 heteroatoms. The van der Waals surface area contributed by atoms with Crippen LogP contribution in [0.25, 0.3) is 0 Å². The van der Waals surface area contributed by atoms with Gasteiger partial charge in [-0.1, -0.05) is 54.6 Å². The lowest BCUT2D eigenvalue weighted by Gasteiger charge is -2.36. The van der Waals surface area contributed by atoms with Gasteiger partial charge in [-0.15, -0.1) is 0 Å². The maximum absolute atomic E-state index is 12.5. The summed E-state index contributed by atoms with van der Waals surface area (Å²) in [4.78, 5) is 23.5. The number of carbonyl (C=O) groups excluding carboxylic acids is 2. The highest BCUT2D eigenvalue weighted by molar-refractivity contribution is 7.99. The largest absolute Gasteiger partial charge is 0.618 e. The van der Waals surface area contributed by atoms with Crippen LogP contribution in [0, 0.1) is 5.21 Å². The number of hydrogen-bond donors (Lipinski definition) is 3. The van der Waals surface area contributed by atoms with E-state index in [4.69, 9.17) is 9.47 Å². The normalized spacial score (nSPS) is 18.5. The van der Waals surface area contributed by atoms with Gasteiger partial charge in [0.2, 0.25) is 11.8 Å². The second kappa shape index (κ2) is 15.5. The summed E-state index contributed by atoms with van der Waals surface area (Å²) in [6.45, 7) is 2.08. The molecule has 9 nitrogen and oxygen atoms in total. The van der Waals surface area contributed by atoms with Gasteiger partial charge in [-0.3, -0.25) is 9.59 Å². The summed E-state index contributed by atoms with van der Waals surface area (Å²) in [6, 6.07) is 20.5. The van der Waals surface area contributed by atoms with Crippen LogP contribution in [0.1, 0.15) is 68.1 Å². The van der Waals surface area contributed by atoms with Crippen LogP contribution in [0.2, 0.25) is 0 Å². The van der Waals surface area contributed by atoms with Gasteiger partial charge in [0.25, 0.3) is 5.03 Å². The number of carbonyl (C=O) groups is 2. The minimum absolute atomic E-state index is 0.0291. The number of amides is 2. The summed E-state index contributed by atoms with van der Waals surface area (Å²) in [5.41, 5.74) is 3.25. The van der Waals surface area contributed by atoms with E-state index in [0.29, 0.717) is 35.9 Å². The van der Waals surface area contributed by atoms with Crippen LogP contribution >= 0.6 is 11.8 Å². The Bertz CT molecular complexity index is 1290. The lowest BCUT2D eigenvalue weighted by molar-refractivity contribution is -0.645. The second-order valence-corrected chi connectivity index (χ2v) is 11.0. The van der Waals surface area contributed by atoms with Gasteiger partial charge in [0, 0.05) is 55.4 Å². The third-order valence-corrected chi connectivity index (χ3v) is 7.87. The second-order valence-electron chi connectivity index (χ2n) is 9.99. The van der Waals surface area contributed by atoms with Crippen LogP contribution in [0.4, 0.5) is 5.69 Å². The number of nitrogens with one attached hydrogen (secondary N) is 2. The van der Waals surface area contributed by atoms with Gasteiger partial charge in [0.15, 0.2) is 12.5 Å². The van der Waals surface area contributed by atoms with Gasteiger partial charge in [0.05, 0.1) is 18.8 Å². The molecule has 1 aliphatic heterocycles. The fourth-order valence-corrected chi connectivity index (χ4v) is 5.50. The summed E-state index contributed by atoms with van der Waals surface area (Å²) < 4.78 is 13.6. The first-order chi connectivity index (χ1) is 19.9. The highest BCUT2D eigenvalue weighted by Crippen LogP contribution is 2.39. The van der Waals surface area contributed by atoms with Gasteiger partial charge in [-0.05, 0) is 42.2 Å². The molecule has 0 saturated carbocycles. The zero-order valence-electron chi connectivity index (χ0n) is 23.2. The minimum Gasteiger partial charge on any atom is -0.618 e. The number of benzene rings is 2. The van der Waals surface area contributed by atoms with E-state index in [1.54, 1.807) is 12.1 Å². The van der Waals surface area contributed by atoms with E-state index in [2.05, 4.69) is 10.6 Å². The predicted molar refractivity (Wildman–Crippen MR) is 157 cm³/mol. The number of anilines is 1. The summed E-state index contributed by atoms with van der Waals surface area (Å²) in [5, 5.41) is 27.9. The van der Waals surface area contributed by atoms with Crippen molar-refractivity contribution < 1.29 is 28.9 Å². The van der Waals surface area contributed by atoms with Crippen molar-refractivity contribution in [3.8, 4) is 0 Å². The standard InChI is InChI=1S/C31H37N3O6S/c1-22(36)32-16-5-2-3-10-29(37)33-26-9-7-8-25(18-26)31-39-27(21-41-30-11-4-6-17-34(30)38)19-28(40-31)24-14-12-23(20-35)13-15-24/h4,6-9,11-15,17-18,27-28,31,35H,2-3,5,10,16,19-21H2,1H3,(H,32,36)(H,33,37). The third kappa shape index (κ3) is 9.57. The van der Waals surface area contributed by atoms with Crippen LogP contribution in [-0.2, 0) is 25.7 Å². The molecule has 2 heterocycles.